The van der Waals surface area contributed by atoms with E-state index >= 15 is 0 Å². The van der Waals surface area contributed by atoms with Gasteiger partial charge in [0.2, 0.25) is 5.91 Å². The third-order valence-electron chi connectivity index (χ3n) is 7.14. The van der Waals surface area contributed by atoms with Crippen LogP contribution < -0.4 is 5.32 Å². The van der Waals surface area contributed by atoms with Crippen LogP contribution in [0.3, 0.4) is 0 Å². The summed E-state index contributed by atoms with van der Waals surface area (Å²) in [6.45, 7) is 0.613. The molecule has 0 bridgehead atoms. The lowest BCUT2D eigenvalue weighted by Crippen LogP contribution is -2.40. The molecule has 2 fully saturated rings. The number of rotatable bonds is 4. The van der Waals surface area contributed by atoms with Gasteiger partial charge in [0.25, 0.3) is 0 Å². The van der Waals surface area contributed by atoms with Crippen LogP contribution in [0.4, 0.5) is 0 Å². The molecule has 1 unspecified atom stereocenters. The summed E-state index contributed by atoms with van der Waals surface area (Å²) >= 11 is 0. The van der Waals surface area contributed by atoms with Crippen LogP contribution in [-0.4, -0.2) is 26.7 Å². The normalized spacial score (nSPS) is 36.6. The van der Waals surface area contributed by atoms with Crippen molar-refractivity contribution in [3.05, 3.63) is 71.3 Å². The lowest BCUT2D eigenvalue weighted by molar-refractivity contribution is -0.127. The second-order valence-corrected chi connectivity index (χ2v) is 7.72. The van der Waals surface area contributed by atoms with Gasteiger partial charge in [0, 0.05) is 25.5 Å². The standard InChI is InChI=1S/C22H23NO2/c1-23-20(24)22-18(14-8-4-3-5-9-14)12-16-15-10-6-7-11-17(15)21(22,13-25-2)19(16)22/h3-11,16,18-19H,12-13H2,1-2H3,(H,23,24)/t16-,18+,19-,21+,22?/m0/s1. The Morgan fingerprint density at radius 1 is 1.16 bits per heavy atom. The summed E-state index contributed by atoms with van der Waals surface area (Å²) in [6.07, 6.45) is 1.05. The highest BCUT2D eigenvalue weighted by atomic mass is 16.5. The molecule has 1 amide bonds. The van der Waals surface area contributed by atoms with Gasteiger partial charge in [0.1, 0.15) is 0 Å². The molecule has 25 heavy (non-hydrogen) atoms. The van der Waals surface area contributed by atoms with Crippen molar-refractivity contribution in [2.45, 2.75) is 23.7 Å². The molecule has 128 valence electrons. The molecule has 2 aromatic rings. The quantitative estimate of drug-likeness (QED) is 0.933. The van der Waals surface area contributed by atoms with Crippen LogP contribution in [0.15, 0.2) is 54.6 Å². The van der Waals surface area contributed by atoms with Gasteiger partial charge in [-0.2, -0.15) is 0 Å². The molecule has 2 aromatic carbocycles. The molecule has 3 aliphatic rings. The zero-order chi connectivity index (χ0) is 17.2. The number of amides is 1. The van der Waals surface area contributed by atoms with Crippen molar-refractivity contribution in [2.75, 3.05) is 20.8 Å². The number of nitrogens with one attached hydrogen (secondary N) is 1. The summed E-state index contributed by atoms with van der Waals surface area (Å²) in [5, 5.41) is 2.99. The summed E-state index contributed by atoms with van der Waals surface area (Å²) in [5.41, 5.74) is 3.50. The number of carbonyl (C=O) groups is 1. The molecule has 0 aliphatic heterocycles. The van der Waals surface area contributed by atoms with Gasteiger partial charge in [-0.25, -0.2) is 0 Å². The Kier molecular flexibility index (Phi) is 3.00. The van der Waals surface area contributed by atoms with Crippen molar-refractivity contribution in [1.82, 2.24) is 5.32 Å². The minimum absolute atomic E-state index is 0.179. The summed E-state index contributed by atoms with van der Waals surface area (Å²) in [5.74, 6) is 1.22. The number of hydrogen-bond acceptors (Lipinski definition) is 2. The largest absolute Gasteiger partial charge is 0.384 e. The summed E-state index contributed by atoms with van der Waals surface area (Å²) < 4.78 is 5.70. The zero-order valence-corrected chi connectivity index (χ0v) is 14.7. The Balaban J connectivity index is 1.75. The number of hydrogen-bond donors (Lipinski definition) is 1. The molecular formula is C22H23NO2. The number of ether oxygens (including phenoxy) is 1. The summed E-state index contributed by atoms with van der Waals surface area (Å²) in [6, 6.07) is 19.3. The molecule has 0 heterocycles. The topological polar surface area (TPSA) is 38.3 Å². The van der Waals surface area contributed by atoms with E-state index in [0.717, 1.165) is 6.42 Å². The van der Waals surface area contributed by atoms with Crippen molar-refractivity contribution in [3.8, 4) is 0 Å². The maximum absolute atomic E-state index is 13.3. The van der Waals surface area contributed by atoms with E-state index in [2.05, 4.69) is 53.8 Å². The average Bonchev–Trinajstić information content (AvgIpc) is 2.98. The van der Waals surface area contributed by atoms with Gasteiger partial charge in [-0.3, -0.25) is 4.79 Å². The third kappa shape index (κ3) is 1.50. The SMILES string of the molecule is CNC(=O)C12[C@@H](c3ccccc3)C[C@H]3c4ccccc4[C@]1(COC)[C@H]32. The zero-order valence-electron chi connectivity index (χ0n) is 14.7. The number of methoxy groups -OCH3 is 1. The molecule has 3 aliphatic carbocycles. The molecule has 0 aromatic heterocycles. The van der Waals surface area contributed by atoms with Crippen LogP contribution in [0.5, 0.6) is 0 Å². The predicted molar refractivity (Wildman–Crippen MR) is 96.5 cm³/mol. The van der Waals surface area contributed by atoms with E-state index in [4.69, 9.17) is 4.74 Å². The Labute approximate surface area is 148 Å². The third-order valence-corrected chi connectivity index (χ3v) is 7.14. The molecular weight excluding hydrogens is 310 g/mol. The van der Waals surface area contributed by atoms with Crippen molar-refractivity contribution in [3.63, 3.8) is 0 Å². The van der Waals surface area contributed by atoms with Gasteiger partial charge in [-0.15, -0.1) is 0 Å². The van der Waals surface area contributed by atoms with Crippen LogP contribution in [0.25, 0.3) is 0 Å². The molecule has 0 saturated heterocycles. The highest BCUT2D eigenvalue weighted by molar-refractivity contribution is 5.94. The number of benzene rings is 2. The lowest BCUT2D eigenvalue weighted by atomic mass is 9.75. The molecule has 5 atom stereocenters. The smallest absolute Gasteiger partial charge is 0.227 e. The molecule has 3 heteroatoms. The first-order valence-electron chi connectivity index (χ1n) is 9.09. The predicted octanol–water partition coefficient (Wildman–Crippen LogP) is 3.22. The Morgan fingerprint density at radius 2 is 1.88 bits per heavy atom. The fraction of sp³-hybridized carbons (Fsp3) is 0.409. The van der Waals surface area contributed by atoms with Crippen LogP contribution in [0.2, 0.25) is 0 Å². The van der Waals surface area contributed by atoms with Gasteiger partial charge in [-0.05, 0) is 34.9 Å². The Bertz CT molecular complexity index is 848. The van der Waals surface area contributed by atoms with Crippen LogP contribution in [-0.2, 0) is 14.9 Å². The van der Waals surface area contributed by atoms with Gasteiger partial charge in [-0.1, -0.05) is 54.6 Å². The molecule has 1 N–H and O–H groups in total. The minimum Gasteiger partial charge on any atom is -0.384 e. The van der Waals surface area contributed by atoms with Crippen LogP contribution >= 0.6 is 0 Å². The highest BCUT2D eigenvalue weighted by Crippen LogP contribution is 2.88. The molecule has 2 saturated carbocycles. The van der Waals surface area contributed by atoms with Gasteiger partial charge >= 0.3 is 0 Å². The first-order valence-corrected chi connectivity index (χ1v) is 9.09. The van der Waals surface area contributed by atoms with Crippen molar-refractivity contribution in [2.24, 2.45) is 11.3 Å². The molecule has 3 nitrogen and oxygen atoms in total. The summed E-state index contributed by atoms with van der Waals surface area (Å²) in [7, 11) is 3.53. The van der Waals surface area contributed by atoms with Gasteiger partial charge in [0.05, 0.1) is 12.0 Å². The second-order valence-electron chi connectivity index (χ2n) is 7.72. The van der Waals surface area contributed by atoms with Crippen molar-refractivity contribution in [1.29, 1.82) is 0 Å². The summed E-state index contributed by atoms with van der Waals surface area (Å²) in [4.78, 5) is 13.3. The highest BCUT2D eigenvalue weighted by Gasteiger charge is 2.90. The van der Waals surface area contributed by atoms with Crippen molar-refractivity contribution >= 4 is 5.91 Å². The van der Waals surface area contributed by atoms with E-state index in [0.29, 0.717) is 18.4 Å². The fourth-order valence-corrected chi connectivity index (χ4v) is 6.59. The fourth-order valence-electron chi connectivity index (χ4n) is 6.59. The van der Waals surface area contributed by atoms with Crippen LogP contribution in [0.1, 0.15) is 34.9 Å². The van der Waals surface area contributed by atoms with E-state index in [1.807, 2.05) is 6.07 Å². The average molecular weight is 333 g/mol. The monoisotopic (exact) mass is 333 g/mol. The Morgan fingerprint density at radius 3 is 2.60 bits per heavy atom. The molecule has 0 radical (unpaired) electrons. The molecule has 0 spiro atoms. The van der Waals surface area contributed by atoms with E-state index in [1.165, 1.54) is 16.7 Å². The number of carbonyl (C=O) groups excluding carboxylic acids is 1. The maximum atomic E-state index is 13.3. The van der Waals surface area contributed by atoms with E-state index in [9.17, 15) is 4.79 Å². The maximum Gasteiger partial charge on any atom is 0.227 e. The molecule has 5 rings (SSSR count). The number of fused-ring (bicyclic) bond motifs is 4. The minimum atomic E-state index is -0.377. The second kappa shape index (κ2) is 4.95. The first-order chi connectivity index (χ1) is 12.2. The lowest BCUT2D eigenvalue weighted by Gasteiger charge is -2.30. The van der Waals surface area contributed by atoms with E-state index in [1.54, 1.807) is 14.2 Å². The first kappa shape index (κ1) is 15.2. The van der Waals surface area contributed by atoms with E-state index in [-0.39, 0.29) is 22.7 Å². The van der Waals surface area contributed by atoms with Gasteiger partial charge < -0.3 is 10.1 Å². The van der Waals surface area contributed by atoms with E-state index < -0.39 is 0 Å². The van der Waals surface area contributed by atoms with Gasteiger partial charge in [0.15, 0.2) is 0 Å². The van der Waals surface area contributed by atoms with Crippen molar-refractivity contribution < 1.29 is 9.53 Å². The van der Waals surface area contributed by atoms with Crippen LogP contribution in [0, 0.1) is 11.3 Å². The Hall–Kier alpha value is -2.13.